The molecule has 1 unspecified atom stereocenters. The molecule has 3 rings (SSSR count). The fraction of sp³-hybridized carbons (Fsp3) is 0.294. The van der Waals surface area contributed by atoms with Gasteiger partial charge in [-0.1, -0.05) is 6.07 Å². The van der Waals surface area contributed by atoms with Crippen molar-refractivity contribution < 1.29 is 18.4 Å². The van der Waals surface area contributed by atoms with Crippen LogP contribution in [0.1, 0.15) is 22.5 Å². The van der Waals surface area contributed by atoms with Gasteiger partial charge in [-0.15, -0.1) is 11.3 Å². The van der Waals surface area contributed by atoms with Gasteiger partial charge in [0, 0.05) is 17.5 Å². The summed E-state index contributed by atoms with van der Waals surface area (Å²) in [6, 6.07) is 4.17. The standard InChI is InChI=1S/C17H18F2N4O2S/c18-11-4-3-9(6-12(11)19)14-7-13(23-17(20)25)15(26-14)16(24)22-10-2-1-5-21-8-10/h3-4,6-7,10,21H,1-2,5,8H2,(H,22,24)(H3,20,23,25). The van der Waals surface area contributed by atoms with Gasteiger partial charge in [0.1, 0.15) is 4.88 Å². The van der Waals surface area contributed by atoms with Gasteiger partial charge in [-0.3, -0.25) is 4.79 Å². The van der Waals surface area contributed by atoms with Crippen LogP contribution in [0.5, 0.6) is 0 Å². The molecule has 1 aromatic heterocycles. The van der Waals surface area contributed by atoms with Crippen molar-refractivity contribution in [2.45, 2.75) is 18.9 Å². The maximum atomic E-state index is 13.5. The number of halogens is 2. The lowest BCUT2D eigenvalue weighted by molar-refractivity contribution is 0.0935. The predicted octanol–water partition coefficient (Wildman–Crippen LogP) is 2.67. The highest BCUT2D eigenvalue weighted by molar-refractivity contribution is 7.18. The number of thiophene rings is 1. The van der Waals surface area contributed by atoms with Crippen molar-refractivity contribution in [1.82, 2.24) is 10.6 Å². The topological polar surface area (TPSA) is 96.2 Å². The zero-order chi connectivity index (χ0) is 18.7. The quantitative estimate of drug-likeness (QED) is 0.657. The number of hydrogen-bond acceptors (Lipinski definition) is 4. The third-order valence-corrected chi connectivity index (χ3v) is 5.22. The van der Waals surface area contributed by atoms with Gasteiger partial charge in [-0.05, 0) is 43.1 Å². The third-order valence-electron chi connectivity index (χ3n) is 4.03. The average Bonchev–Trinajstić information content (AvgIpc) is 3.01. The number of carbonyl (C=O) groups is 2. The molecule has 0 saturated carbocycles. The molecular formula is C17H18F2N4O2S. The van der Waals surface area contributed by atoms with E-state index in [1.807, 2.05) is 0 Å². The molecule has 2 aromatic rings. The van der Waals surface area contributed by atoms with Crippen LogP contribution in [0.15, 0.2) is 24.3 Å². The zero-order valence-corrected chi connectivity index (χ0v) is 14.6. The maximum Gasteiger partial charge on any atom is 0.316 e. The number of piperidine rings is 1. The fourth-order valence-electron chi connectivity index (χ4n) is 2.80. The number of urea groups is 1. The summed E-state index contributed by atoms with van der Waals surface area (Å²) in [7, 11) is 0. The van der Waals surface area contributed by atoms with Crippen molar-refractivity contribution in [3.8, 4) is 10.4 Å². The Morgan fingerprint density at radius 3 is 2.69 bits per heavy atom. The molecule has 0 radical (unpaired) electrons. The minimum absolute atomic E-state index is 0.00788. The minimum Gasteiger partial charge on any atom is -0.351 e. The summed E-state index contributed by atoms with van der Waals surface area (Å²) in [6.07, 6.45) is 1.82. The molecule has 1 aliphatic rings. The van der Waals surface area contributed by atoms with Gasteiger partial charge < -0.3 is 21.7 Å². The molecule has 0 bridgehead atoms. The van der Waals surface area contributed by atoms with Crippen LogP contribution in [-0.4, -0.2) is 31.1 Å². The van der Waals surface area contributed by atoms with Gasteiger partial charge in [0.05, 0.1) is 5.69 Å². The third kappa shape index (κ3) is 4.17. The first kappa shape index (κ1) is 18.3. The molecule has 1 atom stereocenters. The predicted molar refractivity (Wildman–Crippen MR) is 96.2 cm³/mol. The summed E-state index contributed by atoms with van der Waals surface area (Å²) in [5, 5.41) is 8.53. The number of primary amides is 1. The summed E-state index contributed by atoms with van der Waals surface area (Å²) in [5.74, 6) is -2.29. The number of nitrogens with two attached hydrogens (primary N) is 1. The van der Waals surface area contributed by atoms with E-state index in [1.54, 1.807) is 0 Å². The van der Waals surface area contributed by atoms with E-state index in [1.165, 1.54) is 12.1 Å². The van der Waals surface area contributed by atoms with E-state index in [2.05, 4.69) is 16.0 Å². The summed E-state index contributed by atoms with van der Waals surface area (Å²) in [4.78, 5) is 24.6. The number of rotatable bonds is 4. The first-order valence-corrected chi connectivity index (χ1v) is 8.93. The number of benzene rings is 1. The smallest absolute Gasteiger partial charge is 0.316 e. The molecule has 0 spiro atoms. The number of carbonyl (C=O) groups excluding carboxylic acids is 2. The Bertz CT molecular complexity index is 834. The average molecular weight is 380 g/mol. The molecule has 6 nitrogen and oxygen atoms in total. The van der Waals surface area contributed by atoms with E-state index in [0.717, 1.165) is 42.9 Å². The number of hydrogen-bond donors (Lipinski definition) is 4. The van der Waals surface area contributed by atoms with Crippen molar-refractivity contribution in [3.63, 3.8) is 0 Å². The van der Waals surface area contributed by atoms with Crippen molar-refractivity contribution >= 4 is 29.0 Å². The second kappa shape index (κ2) is 7.79. The second-order valence-electron chi connectivity index (χ2n) is 5.99. The van der Waals surface area contributed by atoms with Gasteiger partial charge in [0.25, 0.3) is 5.91 Å². The normalized spacial score (nSPS) is 16.9. The van der Waals surface area contributed by atoms with Gasteiger partial charge in [0.2, 0.25) is 0 Å². The lowest BCUT2D eigenvalue weighted by Crippen LogP contribution is -2.45. The number of nitrogens with one attached hydrogen (secondary N) is 3. The highest BCUT2D eigenvalue weighted by Crippen LogP contribution is 2.35. The van der Waals surface area contributed by atoms with Crippen molar-refractivity contribution in [2.75, 3.05) is 18.4 Å². The van der Waals surface area contributed by atoms with Crippen molar-refractivity contribution in [1.29, 1.82) is 0 Å². The van der Waals surface area contributed by atoms with E-state index >= 15 is 0 Å². The Kier molecular flexibility index (Phi) is 5.48. The Balaban J connectivity index is 1.89. The summed E-state index contributed by atoms with van der Waals surface area (Å²) < 4.78 is 26.6. The van der Waals surface area contributed by atoms with Crippen LogP contribution in [0.4, 0.5) is 19.3 Å². The van der Waals surface area contributed by atoms with E-state index in [-0.39, 0.29) is 22.5 Å². The van der Waals surface area contributed by atoms with Crippen LogP contribution in [-0.2, 0) is 0 Å². The molecule has 5 N–H and O–H groups in total. The van der Waals surface area contributed by atoms with Gasteiger partial charge in [-0.2, -0.15) is 0 Å². The van der Waals surface area contributed by atoms with Crippen LogP contribution >= 0.6 is 11.3 Å². The second-order valence-corrected chi connectivity index (χ2v) is 7.04. The molecular weight excluding hydrogens is 362 g/mol. The van der Waals surface area contributed by atoms with Crippen LogP contribution < -0.4 is 21.7 Å². The van der Waals surface area contributed by atoms with Gasteiger partial charge in [0.15, 0.2) is 11.6 Å². The molecule has 1 aliphatic heterocycles. The largest absolute Gasteiger partial charge is 0.351 e. The molecule has 1 fully saturated rings. The van der Waals surface area contributed by atoms with E-state index in [0.29, 0.717) is 17.0 Å². The van der Waals surface area contributed by atoms with E-state index < -0.39 is 17.7 Å². The molecule has 26 heavy (non-hydrogen) atoms. The monoisotopic (exact) mass is 380 g/mol. The van der Waals surface area contributed by atoms with Crippen LogP contribution in [0.2, 0.25) is 0 Å². The van der Waals surface area contributed by atoms with Gasteiger partial charge in [-0.25, -0.2) is 13.6 Å². The first-order chi connectivity index (χ1) is 12.4. The number of amides is 3. The Labute approximate surface area is 152 Å². The maximum absolute atomic E-state index is 13.5. The van der Waals surface area contributed by atoms with Crippen molar-refractivity contribution in [2.24, 2.45) is 5.73 Å². The van der Waals surface area contributed by atoms with E-state index in [9.17, 15) is 18.4 Å². The zero-order valence-electron chi connectivity index (χ0n) is 13.8. The Morgan fingerprint density at radius 1 is 1.23 bits per heavy atom. The summed E-state index contributed by atoms with van der Waals surface area (Å²) in [5.41, 5.74) is 5.81. The summed E-state index contributed by atoms with van der Waals surface area (Å²) in [6.45, 7) is 1.59. The molecule has 2 heterocycles. The van der Waals surface area contributed by atoms with Gasteiger partial charge >= 0.3 is 6.03 Å². The molecule has 1 saturated heterocycles. The molecule has 1 aromatic carbocycles. The van der Waals surface area contributed by atoms with E-state index in [4.69, 9.17) is 5.73 Å². The van der Waals surface area contributed by atoms with Crippen LogP contribution in [0, 0.1) is 11.6 Å². The molecule has 9 heteroatoms. The molecule has 0 aliphatic carbocycles. The van der Waals surface area contributed by atoms with Crippen molar-refractivity contribution in [3.05, 3.63) is 40.8 Å². The lowest BCUT2D eigenvalue weighted by atomic mass is 10.1. The SMILES string of the molecule is NC(=O)Nc1cc(-c2ccc(F)c(F)c2)sc1C(=O)NC1CCCNC1. The summed E-state index contributed by atoms with van der Waals surface area (Å²) >= 11 is 1.07. The first-order valence-electron chi connectivity index (χ1n) is 8.11. The molecule has 3 amide bonds. The Morgan fingerprint density at radius 2 is 2.04 bits per heavy atom. The highest BCUT2D eigenvalue weighted by atomic mass is 32.1. The number of anilines is 1. The van der Waals surface area contributed by atoms with Crippen LogP contribution in [0.25, 0.3) is 10.4 Å². The van der Waals surface area contributed by atoms with Crippen LogP contribution in [0.3, 0.4) is 0 Å². The minimum atomic E-state index is -0.986. The highest BCUT2D eigenvalue weighted by Gasteiger charge is 2.22. The lowest BCUT2D eigenvalue weighted by Gasteiger charge is -2.23. The molecule has 138 valence electrons. The Hall–Kier alpha value is -2.52. The fourth-order valence-corrected chi connectivity index (χ4v) is 3.82.